The number of nitrogens with one attached hydrogen (secondary N) is 2. The van der Waals surface area contributed by atoms with Crippen LogP contribution >= 0.6 is 0 Å². The van der Waals surface area contributed by atoms with Crippen LogP contribution in [0.15, 0.2) is 29.3 Å². The van der Waals surface area contributed by atoms with Crippen molar-refractivity contribution < 1.29 is 0 Å². The van der Waals surface area contributed by atoms with Crippen LogP contribution in [0.3, 0.4) is 0 Å². The van der Waals surface area contributed by atoms with Crippen molar-refractivity contribution in [3.8, 4) is 0 Å². The van der Waals surface area contributed by atoms with Crippen LogP contribution in [-0.2, 0) is 6.42 Å². The number of benzene rings is 1. The van der Waals surface area contributed by atoms with Crippen LogP contribution in [-0.4, -0.2) is 23.9 Å². The average molecular weight is 213 g/mol. The Morgan fingerprint density at radius 2 is 2.19 bits per heavy atom. The van der Waals surface area contributed by atoms with Crippen molar-refractivity contribution in [1.29, 1.82) is 0 Å². The van der Waals surface area contributed by atoms with Crippen LogP contribution in [0.2, 0.25) is 0 Å². The number of fused-ring (bicyclic) bond motifs is 1. The second kappa shape index (κ2) is 3.67. The molecule has 2 N–H and O–H groups in total. The molecule has 0 radical (unpaired) electrons. The highest BCUT2D eigenvalue weighted by Crippen LogP contribution is 2.22. The normalized spacial score (nSPS) is 15.2. The fourth-order valence-corrected chi connectivity index (χ4v) is 2.30. The third kappa shape index (κ3) is 1.48. The molecule has 0 spiro atoms. The molecule has 0 fully saturated rings. The molecule has 82 valence electrons. The molecule has 3 heteroatoms. The molecule has 16 heavy (non-hydrogen) atoms. The highest BCUT2D eigenvalue weighted by Gasteiger charge is 2.12. The van der Waals surface area contributed by atoms with E-state index in [9.17, 15) is 0 Å². The van der Waals surface area contributed by atoms with E-state index in [4.69, 9.17) is 0 Å². The first kappa shape index (κ1) is 9.46. The van der Waals surface area contributed by atoms with Gasteiger partial charge < -0.3 is 10.3 Å². The Kier molecular flexibility index (Phi) is 2.17. The summed E-state index contributed by atoms with van der Waals surface area (Å²) in [5, 5.41) is 4.64. The Morgan fingerprint density at radius 1 is 1.31 bits per heavy atom. The monoisotopic (exact) mass is 213 g/mol. The summed E-state index contributed by atoms with van der Waals surface area (Å²) >= 11 is 0. The summed E-state index contributed by atoms with van der Waals surface area (Å²) in [7, 11) is 0. The van der Waals surface area contributed by atoms with Gasteiger partial charge in [-0.3, -0.25) is 4.99 Å². The molecule has 0 amide bonds. The third-order valence-electron chi connectivity index (χ3n) is 3.11. The molecule has 0 saturated carbocycles. The summed E-state index contributed by atoms with van der Waals surface area (Å²) in [5.74, 6) is 1.12. The Labute approximate surface area is 94.6 Å². The van der Waals surface area contributed by atoms with Gasteiger partial charge in [0.05, 0.1) is 6.54 Å². The topological polar surface area (TPSA) is 40.2 Å². The number of nitrogens with zero attached hydrogens (tertiary/aromatic N) is 1. The third-order valence-corrected chi connectivity index (χ3v) is 3.11. The summed E-state index contributed by atoms with van der Waals surface area (Å²) in [6.07, 6.45) is 0.913. The fraction of sp³-hybridized carbons (Fsp3) is 0.308. The van der Waals surface area contributed by atoms with Gasteiger partial charge in [-0.15, -0.1) is 0 Å². The van der Waals surface area contributed by atoms with E-state index < -0.39 is 0 Å². The van der Waals surface area contributed by atoms with Crippen molar-refractivity contribution in [2.45, 2.75) is 13.3 Å². The minimum absolute atomic E-state index is 0.913. The van der Waals surface area contributed by atoms with E-state index >= 15 is 0 Å². The number of aryl methyl sites for hydroxylation is 1. The van der Waals surface area contributed by atoms with Gasteiger partial charge in [0.2, 0.25) is 0 Å². The smallest absolute Gasteiger partial charge is 0.101 e. The molecule has 0 atom stereocenters. The van der Waals surface area contributed by atoms with Crippen molar-refractivity contribution in [2.75, 3.05) is 13.1 Å². The van der Waals surface area contributed by atoms with Gasteiger partial charge in [-0.1, -0.05) is 18.2 Å². The van der Waals surface area contributed by atoms with Gasteiger partial charge in [-0.05, 0) is 18.6 Å². The molecule has 0 unspecified atom stereocenters. The largest absolute Gasteiger partial charge is 0.372 e. The number of H-pyrrole nitrogens is 1. The van der Waals surface area contributed by atoms with Crippen molar-refractivity contribution >= 4 is 16.7 Å². The minimum Gasteiger partial charge on any atom is -0.372 e. The van der Waals surface area contributed by atoms with Crippen LogP contribution in [0.4, 0.5) is 0 Å². The Hall–Kier alpha value is -1.77. The van der Waals surface area contributed by atoms with E-state index in [0.29, 0.717) is 0 Å². The first-order valence-electron chi connectivity index (χ1n) is 5.68. The fourth-order valence-electron chi connectivity index (χ4n) is 2.30. The molecular formula is C13H15N3. The highest BCUT2D eigenvalue weighted by molar-refractivity contribution is 5.92. The van der Waals surface area contributed by atoms with E-state index in [1.807, 2.05) is 0 Å². The first-order valence-corrected chi connectivity index (χ1v) is 5.68. The zero-order valence-corrected chi connectivity index (χ0v) is 9.38. The SMILES string of the molecule is Cc1[nH]c2ccccc2c1CC1=NCCN1. The number of hydrogen-bond donors (Lipinski definition) is 2. The van der Waals surface area contributed by atoms with E-state index in [2.05, 4.69) is 46.5 Å². The van der Waals surface area contributed by atoms with Crippen molar-refractivity contribution in [2.24, 2.45) is 4.99 Å². The number of para-hydroxylation sites is 1. The zero-order chi connectivity index (χ0) is 11.0. The first-order chi connectivity index (χ1) is 7.84. The summed E-state index contributed by atoms with van der Waals surface area (Å²) in [6.45, 7) is 4.03. The number of aliphatic imine (C=N–C) groups is 1. The Balaban J connectivity index is 2.04. The molecule has 0 aliphatic carbocycles. The molecule has 0 bridgehead atoms. The predicted octanol–water partition coefficient (Wildman–Crippen LogP) is 2.02. The second-order valence-corrected chi connectivity index (χ2v) is 4.21. The Morgan fingerprint density at radius 3 is 3.00 bits per heavy atom. The predicted molar refractivity (Wildman–Crippen MR) is 67.0 cm³/mol. The van der Waals surface area contributed by atoms with Crippen molar-refractivity contribution in [1.82, 2.24) is 10.3 Å². The van der Waals surface area contributed by atoms with Gasteiger partial charge in [0.1, 0.15) is 5.84 Å². The second-order valence-electron chi connectivity index (χ2n) is 4.21. The van der Waals surface area contributed by atoms with Crippen LogP contribution in [0.25, 0.3) is 10.9 Å². The van der Waals surface area contributed by atoms with Gasteiger partial charge in [0.25, 0.3) is 0 Å². The number of hydrogen-bond acceptors (Lipinski definition) is 2. The quantitative estimate of drug-likeness (QED) is 0.787. The van der Waals surface area contributed by atoms with Gasteiger partial charge in [0.15, 0.2) is 0 Å². The average Bonchev–Trinajstić information content (AvgIpc) is 2.89. The molecule has 1 aliphatic rings. The number of amidine groups is 1. The molecule has 0 saturated heterocycles. The summed E-state index contributed by atoms with van der Waals surface area (Å²) < 4.78 is 0. The van der Waals surface area contributed by atoms with Gasteiger partial charge in [0, 0.05) is 29.6 Å². The molecule has 1 aromatic carbocycles. The molecule has 1 aliphatic heterocycles. The van der Waals surface area contributed by atoms with Crippen LogP contribution in [0, 0.1) is 6.92 Å². The van der Waals surface area contributed by atoms with Crippen LogP contribution in [0.1, 0.15) is 11.3 Å². The summed E-state index contributed by atoms with van der Waals surface area (Å²) in [5.41, 5.74) is 3.83. The van der Waals surface area contributed by atoms with Crippen LogP contribution < -0.4 is 5.32 Å². The number of aromatic nitrogens is 1. The summed E-state index contributed by atoms with van der Waals surface area (Å²) in [4.78, 5) is 7.87. The lowest BCUT2D eigenvalue weighted by atomic mass is 10.1. The molecule has 3 nitrogen and oxygen atoms in total. The minimum atomic E-state index is 0.913. The number of rotatable bonds is 2. The van der Waals surface area contributed by atoms with Gasteiger partial charge >= 0.3 is 0 Å². The lowest BCUT2D eigenvalue weighted by Crippen LogP contribution is -2.20. The van der Waals surface area contributed by atoms with Crippen molar-refractivity contribution in [3.63, 3.8) is 0 Å². The maximum Gasteiger partial charge on any atom is 0.101 e. The Bertz CT molecular complexity index is 551. The van der Waals surface area contributed by atoms with E-state index in [0.717, 1.165) is 25.3 Å². The van der Waals surface area contributed by atoms with Crippen molar-refractivity contribution in [3.05, 3.63) is 35.5 Å². The van der Waals surface area contributed by atoms with E-state index in [1.165, 1.54) is 22.2 Å². The van der Waals surface area contributed by atoms with E-state index in [-0.39, 0.29) is 0 Å². The van der Waals surface area contributed by atoms with E-state index in [1.54, 1.807) is 0 Å². The lowest BCUT2D eigenvalue weighted by Gasteiger charge is -2.02. The van der Waals surface area contributed by atoms with Gasteiger partial charge in [-0.2, -0.15) is 0 Å². The maximum absolute atomic E-state index is 4.45. The zero-order valence-electron chi connectivity index (χ0n) is 9.38. The summed E-state index contributed by atoms with van der Waals surface area (Å²) in [6, 6.07) is 8.44. The molecule has 2 aromatic rings. The molecular weight excluding hydrogens is 198 g/mol. The standard InChI is InChI=1S/C13H15N3/c1-9-11(8-13-14-6-7-15-13)10-4-2-3-5-12(10)16-9/h2-5,16H,6-8H2,1H3,(H,14,15). The molecule has 2 heterocycles. The molecule has 1 aromatic heterocycles. The maximum atomic E-state index is 4.45. The molecule has 3 rings (SSSR count). The van der Waals surface area contributed by atoms with Gasteiger partial charge in [-0.25, -0.2) is 0 Å². The lowest BCUT2D eigenvalue weighted by molar-refractivity contribution is 0.953. The van der Waals surface area contributed by atoms with Crippen LogP contribution in [0.5, 0.6) is 0 Å². The number of aromatic amines is 1. The highest BCUT2D eigenvalue weighted by atomic mass is 15.1.